The summed E-state index contributed by atoms with van der Waals surface area (Å²) < 4.78 is 67.5. The lowest BCUT2D eigenvalue weighted by atomic mass is 9.94. The summed E-state index contributed by atoms with van der Waals surface area (Å²) in [4.78, 5) is 64.6. The van der Waals surface area contributed by atoms with Crippen LogP contribution in [0, 0.1) is 0 Å². The Morgan fingerprint density at radius 1 is 0.800 bits per heavy atom. The smallest absolute Gasteiger partial charge is 0.459 e. The Kier molecular flexibility index (Phi) is 10.4. The van der Waals surface area contributed by atoms with Crippen molar-refractivity contribution in [3.63, 3.8) is 0 Å². The molecule has 242 valence electrons. The lowest BCUT2D eigenvalue weighted by molar-refractivity contribution is -0.212. The van der Waals surface area contributed by atoms with Crippen molar-refractivity contribution in [1.82, 2.24) is 9.80 Å². The zero-order valence-electron chi connectivity index (χ0n) is 24.4. The van der Waals surface area contributed by atoms with Crippen molar-refractivity contribution in [1.29, 1.82) is 0 Å². The molecule has 0 saturated carbocycles. The topological polar surface area (TPSA) is 138 Å². The molecule has 2 heterocycles. The predicted molar refractivity (Wildman–Crippen MR) is 146 cm³/mol. The summed E-state index contributed by atoms with van der Waals surface area (Å²) in [7, 11) is 0. The molecule has 1 amide bonds. The van der Waals surface area contributed by atoms with Crippen LogP contribution in [0.4, 0.5) is 13.2 Å². The number of nitrogens with zero attached hydrogens (tertiary/aromatic N) is 2. The van der Waals surface area contributed by atoms with E-state index in [1.807, 2.05) is 0 Å². The lowest BCUT2D eigenvalue weighted by Gasteiger charge is -2.41. The van der Waals surface area contributed by atoms with Gasteiger partial charge in [-0.1, -0.05) is 36.4 Å². The molecule has 2 aromatic rings. The maximum atomic E-state index is 13.3. The van der Waals surface area contributed by atoms with Gasteiger partial charge < -0.3 is 28.6 Å². The first-order valence-electron chi connectivity index (χ1n) is 13.9. The molecule has 0 radical (unpaired) electrons. The molecule has 2 aliphatic rings. The second-order valence-electron chi connectivity index (χ2n) is 10.4. The highest BCUT2D eigenvalue weighted by atomic mass is 19.4. The van der Waals surface area contributed by atoms with Gasteiger partial charge in [0.2, 0.25) is 12.4 Å². The molecule has 0 spiro atoms. The van der Waals surface area contributed by atoms with Crippen LogP contribution in [0.1, 0.15) is 34.6 Å². The summed E-state index contributed by atoms with van der Waals surface area (Å²) in [6, 6.07) is 15.7. The Morgan fingerprint density at radius 3 is 1.84 bits per heavy atom. The zero-order valence-corrected chi connectivity index (χ0v) is 24.4. The van der Waals surface area contributed by atoms with Gasteiger partial charge in [0, 0.05) is 46.6 Å². The largest absolute Gasteiger partial charge is 0.471 e. The van der Waals surface area contributed by atoms with E-state index in [-0.39, 0.29) is 43.9 Å². The molecule has 2 aliphatic heterocycles. The Labute approximate surface area is 255 Å². The van der Waals surface area contributed by atoms with E-state index >= 15 is 0 Å². The second-order valence-corrected chi connectivity index (χ2v) is 10.4. The van der Waals surface area contributed by atoms with Crippen LogP contribution in [0.5, 0.6) is 0 Å². The van der Waals surface area contributed by atoms with Crippen molar-refractivity contribution < 1.29 is 60.8 Å². The number of piperazine rings is 1. The fourth-order valence-electron chi connectivity index (χ4n) is 5.10. The molecule has 15 heteroatoms. The highest BCUT2D eigenvalue weighted by Gasteiger charge is 2.62. The molecule has 0 aromatic heterocycles. The molecule has 4 atom stereocenters. The normalized spacial score (nSPS) is 23.6. The second kappa shape index (κ2) is 14.1. The lowest BCUT2D eigenvalue weighted by Crippen LogP contribution is -2.60. The first-order valence-corrected chi connectivity index (χ1v) is 13.9. The van der Waals surface area contributed by atoms with Crippen molar-refractivity contribution in [3.8, 4) is 0 Å². The third-order valence-electron chi connectivity index (χ3n) is 7.11. The van der Waals surface area contributed by atoms with Crippen molar-refractivity contribution in [3.05, 3.63) is 71.8 Å². The van der Waals surface area contributed by atoms with Crippen LogP contribution in [0.3, 0.4) is 0 Å². The van der Waals surface area contributed by atoms with Crippen molar-refractivity contribution >= 4 is 29.8 Å². The summed E-state index contributed by atoms with van der Waals surface area (Å²) in [6.07, 6.45) is -9.74. The third kappa shape index (κ3) is 8.36. The monoisotopic (exact) mass is 636 g/mol. The molecule has 45 heavy (non-hydrogen) atoms. The van der Waals surface area contributed by atoms with Crippen LogP contribution in [0.25, 0.3) is 0 Å². The fraction of sp³-hybridized carbons (Fsp3) is 0.433. The summed E-state index contributed by atoms with van der Waals surface area (Å²) in [5.41, 5.74) is -1.58. The van der Waals surface area contributed by atoms with Crippen LogP contribution < -0.4 is 0 Å². The van der Waals surface area contributed by atoms with Gasteiger partial charge in [0.1, 0.15) is 6.61 Å². The number of carbonyl (C=O) groups is 5. The van der Waals surface area contributed by atoms with Crippen molar-refractivity contribution in [2.75, 3.05) is 39.3 Å². The number of halogens is 3. The van der Waals surface area contributed by atoms with Crippen LogP contribution in [0.2, 0.25) is 0 Å². The Balaban J connectivity index is 1.70. The summed E-state index contributed by atoms with van der Waals surface area (Å²) in [6.45, 7) is 0.528. The molecule has 0 aliphatic carbocycles. The number of hydrogen-bond donors (Lipinski definition) is 0. The Morgan fingerprint density at radius 2 is 1.33 bits per heavy atom. The van der Waals surface area contributed by atoms with Gasteiger partial charge in [0.25, 0.3) is 0 Å². The molecule has 2 fully saturated rings. The minimum atomic E-state index is -5.05. The van der Waals surface area contributed by atoms with Gasteiger partial charge in [-0.15, -0.1) is 0 Å². The first-order chi connectivity index (χ1) is 21.3. The number of carbonyl (C=O) groups excluding carboxylic acids is 5. The van der Waals surface area contributed by atoms with Gasteiger partial charge >= 0.3 is 36.0 Å². The van der Waals surface area contributed by atoms with Crippen molar-refractivity contribution in [2.24, 2.45) is 0 Å². The molecule has 2 saturated heterocycles. The predicted octanol–water partition coefficient (Wildman–Crippen LogP) is 2.37. The molecule has 2 aromatic carbocycles. The van der Waals surface area contributed by atoms with Crippen LogP contribution >= 0.6 is 0 Å². The number of rotatable bonds is 9. The number of hydrogen-bond acceptors (Lipinski definition) is 11. The highest BCUT2D eigenvalue weighted by molar-refractivity contribution is 5.90. The van der Waals surface area contributed by atoms with Gasteiger partial charge in [-0.25, -0.2) is 9.59 Å². The van der Waals surface area contributed by atoms with Crippen LogP contribution in [-0.2, 0) is 38.1 Å². The molecular formula is C30H31F3N2O10. The molecule has 1 unspecified atom stereocenters. The molecule has 12 nitrogen and oxygen atoms in total. The molecule has 4 rings (SSSR count). The van der Waals surface area contributed by atoms with Gasteiger partial charge in [-0.2, -0.15) is 13.2 Å². The minimum absolute atomic E-state index is 0.0740. The third-order valence-corrected chi connectivity index (χ3v) is 7.11. The average molecular weight is 637 g/mol. The number of alkyl halides is 3. The minimum Gasteiger partial charge on any atom is -0.459 e. The first kappa shape index (κ1) is 33.4. The summed E-state index contributed by atoms with van der Waals surface area (Å²) in [5, 5.41) is 0. The van der Waals surface area contributed by atoms with E-state index in [4.69, 9.17) is 23.7 Å². The Bertz CT molecular complexity index is 1380. The number of amides is 1. The van der Waals surface area contributed by atoms with Gasteiger partial charge in [-0.3, -0.25) is 19.3 Å². The molecule has 0 bridgehead atoms. The van der Waals surface area contributed by atoms with Gasteiger partial charge in [0.05, 0.1) is 11.1 Å². The number of ether oxygens (including phenoxy) is 5. The fourth-order valence-corrected chi connectivity index (χ4v) is 5.10. The van der Waals surface area contributed by atoms with Gasteiger partial charge in [-0.05, 0) is 24.3 Å². The summed E-state index contributed by atoms with van der Waals surface area (Å²) in [5.74, 6) is -5.30. The quantitative estimate of drug-likeness (QED) is 0.296. The summed E-state index contributed by atoms with van der Waals surface area (Å²) >= 11 is 0. The number of esters is 4. The van der Waals surface area contributed by atoms with E-state index in [1.54, 1.807) is 41.3 Å². The van der Waals surface area contributed by atoms with E-state index in [2.05, 4.69) is 0 Å². The van der Waals surface area contributed by atoms with E-state index in [9.17, 15) is 37.1 Å². The van der Waals surface area contributed by atoms with E-state index in [0.29, 0.717) is 4.90 Å². The van der Waals surface area contributed by atoms with Gasteiger partial charge in [0.15, 0.2) is 11.7 Å². The van der Waals surface area contributed by atoms with Crippen LogP contribution in [-0.4, -0.2) is 109 Å². The van der Waals surface area contributed by atoms with Crippen molar-refractivity contribution in [2.45, 2.75) is 44.1 Å². The maximum absolute atomic E-state index is 13.3. The zero-order chi connectivity index (χ0) is 32.8. The Hall–Kier alpha value is -4.50. The number of benzene rings is 2. The highest BCUT2D eigenvalue weighted by Crippen LogP contribution is 2.39. The molecular weight excluding hydrogens is 605 g/mol. The maximum Gasteiger partial charge on any atom is 0.471 e. The van der Waals surface area contributed by atoms with Crippen LogP contribution in [0.15, 0.2) is 60.7 Å². The van der Waals surface area contributed by atoms with E-state index in [1.165, 1.54) is 24.3 Å². The van der Waals surface area contributed by atoms with E-state index < -0.39 is 66.7 Å². The molecule has 0 N–H and O–H groups in total. The average Bonchev–Trinajstić information content (AvgIpc) is 3.26. The SMILES string of the molecule is CC(=O)OC1O[C@@](COC(=O)c2ccccc2)(CN2CCN(C(=O)C(F)(F)F)CC2)[C@H](OC(=O)c2ccccc2)[C@H]1OC(C)=O. The van der Waals surface area contributed by atoms with E-state index in [0.717, 1.165) is 13.8 Å². The standard InChI is InChI=1S/C30H31F3N2O10/c1-19(36)42-23-24(44-26(39)22-11-7-4-8-12-22)29(45-27(23)43-20(2)37,18-41-25(38)21-9-5-3-6-10-21)17-34-13-15-35(16-14-34)28(40)30(31,32)33/h3-12,23-24,27H,13-18H2,1-2H3/t23-,24-,27?,29-/m1/s1.